The highest BCUT2D eigenvalue weighted by Crippen LogP contribution is 2.29. The normalized spacial score (nSPS) is 15.1. The van der Waals surface area contributed by atoms with Crippen LogP contribution in [0, 0.1) is 25.2 Å². The summed E-state index contributed by atoms with van der Waals surface area (Å²) >= 11 is 0. The van der Waals surface area contributed by atoms with E-state index >= 15 is 0 Å². The van der Waals surface area contributed by atoms with E-state index in [9.17, 15) is 10.1 Å². The number of aryl methyl sites for hydroxylation is 1. The Morgan fingerprint density at radius 2 is 2.05 bits per heavy atom. The number of rotatable bonds is 4. The lowest BCUT2D eigenvalue weighted by Gasteiger charge is -2.29. The van der Waals surface area contributed by atoms with Crippen molar-refractivity contribution in [1.29, 1.82) is 5.26 Å². The van der Waals surface area contributed by atoms with Crippen LogP contribution in [-0.2, 0) is 4.79 Å². The molecule has 0 spiro atoms. The maximum Gasteiger partial charge on any atom is 0.237 e. The molecule has 0 saturated heterocycles. The van der Waals surface area contributed by atoms with Crippen molar-refractivity contribution in [2.75, 3.05) is 11.4 Å². The molecule has 1 aromatic rings. The first-order chi connectivity index (χ1) is 9.54. The van der Waals surface area contributed by atoms with Crippen LogP contribution in [-0.4, -0.2) is 28.7 Å². The highest BCUT2D eigenvalue weighted by atomic mass is 16.1. The number of nitriles is 1. The highest BCUT2D eigenvalue weighted by Gasteiger charge is 2.28. The zero-order chi connectivity index (χ0) is 14.7. The summed E-state index contributed by atoms with van der Waals surface area (Å²) in [5, 5.41) is 17.6. The van der Waals surface area contributed by atoms with Gasteiger partial charge < -0.3 is 10.6 Å². The first-order valence-electron chi connectivity index (χ1n) is 6.83. The molecule has 0 aromatic carbocycles. The molecule has 1 amide bonds. The summed E-state index contributed by atoms with van der Waals surface area (Å²) < 4.78 is 0. The summed E-state index contributed by atoms with van der Waals surface area (Å²) in [4.78, 5) is 13.2. The Kier molecular flexibility index (Phi) is 4.18. The molecule has 2 N–H and O–H groups in total. The number of nitrogens with zero attached hydrogens (tertiary/aromatic N) is 4. The smallest absolute Gasteiger partial charge is 0.237 e. The fourth-order valence-corrected chi connectivity index (χ4v) is 2.69. The maximum absolute atomic E-state index is 11.3. The van der Waals surface area contributed by atoms with Crippen LogP contribution in [0.3, 0.4) is 0 Å². The number of primary amides is 1. The van der Waals surface area contributed by atoms with Gasteiger partial charge in [-0.15, -0.1) is 5.10 Å². The van der Waals surface area contributed by atoms with E-state index in [4.69, 9.17) is 5.73 Å². The number of amides is 1. The number of anilines is 1. The Bertz CT molecular complexity index is 557. The van der Waals surface area contributed by atoms with Gasteiger partial charge >= 0.3 is 0 Å². The summed E-state index contributed by atoms with van der Waals surface area (Å²) in [7, 11) is 0. The average molecular weight is 273 g/mol. The second-order valence-electron chi connectivity index (χ2n) is 5.25. The Balaban J connectivity index is 2.45. The lowest BCUT2D eigenvalue weighted by atomic mass is 10.1. The van der Waals surface area contributed by atoms with Crippen molar-refractivity contribution in [3.05, 3.63) is 16.8 Å². The second-order valence-corrected chi connectivity index (χ2v) is 5.25. The molecule has 0 aliphatic heterocycles. The molecule has 0 unspecified atom stereocenters. The average Bonchev–Trinajstić information content (AvgIpc) is 2.93. The minimum atomic E-state index is -0.416. The topological polar surface area (TPSA) is 95.9 Å². The molecule has 2 rings (SSSR count). The molecule has 0 radical (unpaired) electrons. The van der Waals surface area contributed by atoms with Crippen molar-refractivity contribution in [1.82, 2.24) is 10.2 Å². The number of nitrogens with two attached hydrogens (primary N) is 1. The largest absolute Gasteiger partial charge is 0.368 e. The van der Waals surface area contributed by atoms with Crippen LogP contribution in [0.5, 0.6) is 0 Å². The van der Waals surface area contributed by atoms with E-state index in [1.165, 1.54) is 0 Å². The van der Waals surface area contributed by atoms with Gasteiger partial charge in [-0.1, -0.05) is 12.8 Å². The fraction of sp³-hybridized carbons (Fsp3) is 0.571. The fourth-order valence-electron chi connectivity index (χ4n) is 2.69. The van der Waals surface area contributed by atoms with Gasteiger partial charge in [0.15, 0.2) is 5.82 Å². The van der Waals surface area contributed by atoms with Gasteiger partial charge in [-0.25, -0.2) is 0 Å². The van der Waals surface area contributed by atoms with Crippen LogP contribution < -0.4 is 10.6 Å². The Hall–Kier alpha value is -2.16. The molecule has 106 valence electrons. The summed E-state index contributed by atoms with van der Waals surface area (Å²) in [6, 6.07) is 2.40. The number of hydrogen-bond donors (Lipinski definition) is 1. The molecule has 1 aliphatic carbocycles. The summed E-state index contributed by atoms with van der Waals surface area (Å²) in [5.74, 6) is 0.0714. The van der Waals surface area contributed by atoms with Crippen LogP contribution in [0.1, 0.15) is 42.5 Å². The molecule has 1 fully saturated rings. The molecular weight excluding hydrogens is 254 g/mol. The van der Waals surface area contributed by atoms with Gasteiger partial charge in [-0.2, -0.15) is 10.4 Å². The first-order valence-corrected chi connectivity index (χ1v) is 6.83. The van der Waals surface area contributed by atoms with Gasteiger partial charge in [0, 0.05) is 6.04 Å². The van der Waals surface area contributed by atoms with Crippen LogP contribution in [0.25, 0.3) is 0 Å². The predicted octanol–water partition coefficient (Wildman–Crippen LogP) is 1.20. The van der Waals surface area contributed by atoms with E-state index in [-0.39, 0.29) is 12.6 Å². The van der Waals surface area contributed by atoms with Crippen LogP contribution in [0.2, 0.25) is 0 Å². The van der Waals surface area contributed by atoms with Gasteiger partial charge in [0.05, 0.1) is 12.2 Å². The monoisotopic (exact) mass is 273 g/mol. The second kappa shape index (κ2) is 5.87. The van der Waals surface area contributed by atoms with Crippen LogP contribution in [0.4, 0.5) is 5.82 Å². The molecule has 6 heteroatoms. The predicted molar refractivity (Wildman–Crippen MR) is 75.0 cm³/mol. The Morgan fingerprint density at radius 1 is 1.40 bits per heavy atom. The first kappa shape index (κ1) is 14.3. The van der Waals surface area contributed by atoms with Gasteiger partial charge in [0.1, 0.15) is 11.6 Å². The SMILES string of the molecule is Cc1nnc(N(CC(N)=O)C2CCCC2)c(C#N)c1C. The standard InChI is InChI=1S/C14H19N5O/c1-9-10(2)17-18-14(12(9)7-15)19(8-13(16)20)11-5-3-4-6-11/h11H,3-6,8H2,1-2H3,(H2,16,20). The van der Waals surface area contributed by atoms with E-state index < -0.39 is 5.91 Å². The number of carbonyl (C=O) groups excluding carboxylic acids is 1. The van der Waals surface area contributed by atoms with Crippen molar-refractivity contribution in [2.45, 2.75) is 45.6 Å². The van der Waals surface area contributed by atoms with Gasteiger partial charge in [-0.05, 0) is 32.3 Å². The van der Waals surface area contributed by atoms with Crippen molar-refractivity contribution in [3.63, 3.8) is 0 Å². The molecule has 1 saturated carbocycles. The molecule has 0 bridgehead atoms. The van der Waals surface area contributed by atoms with E-state index in [2.05, 4.69) is 16.3 Å². The molecule has 1 heterocycles. The van der Waals surface area contributed by atoms with Crippen molar-refractivity contribution in [3.8, 4) is 6.07 Å². The lowest BCUT2D eigenvalue weighted by Crippen LogP contribution is -2.41. The summed E-state index contributed by atoms with van der Waals surface area (Å²) in [5.41, 5.74) is 7.38. The number of hydrogen-bond acceptors (Lipinski definition) is 5. The third-order valence-corrected chi connectivity index (χ3v) is 3.91. The van der Waals surface area contributed by atoms with Crippen molar-refractivity contribution < 1.29 is 4.79 Å². The molecule has 0 atom stereocenters. The van der Waals surface area contributed by atoms with Crippen LogP contribution >= 0.6 is 0 Å². The van der Waals surface area contributed by atoms with Crippen molar-refractivity contribution in [2.24, 2.45) is 5.73 Å². The zero-order valence-electron chi connectivity index (χ0n) is 11.9. The van der Waals surface area contributed by atoms with Gasteiger partial charge in [-0.3, -0.25) is 4.79 Å². The quantitative estimate of drug-likeness (QED) is 0.889. The molecule has 1 aromatic heterocycles. The van der Waals surface area contributed by atoms with Gasteiger partial charge in [0.2, 0.25) is 5.91 Å². The molecule has 6 nitrogen and oxygen atoms in total. The summed E-state index contributed by atoms with van der Waals surface area (Å²) in [6.45, 7) is 3.75. The maximum atomic E-state index is 11.3. The van der Waals surface area contributed by atoms with Crippen LogP contribution in [0.15, 0.2) is 0 Å². The van der Waals surface area contributed by atoms with E-state index in [1.54, 1.807) is 0 Å². The highest BCUT2D eigenvalue weighted by molar-refractivity contribution is 5.80. The number of aromatic nitrogens is 2. The lowest BCUT2D eigenvalue weighted by molar-refractivity contribution is -0.116. The Morgan fingerprint density at radius 3 is 2.60 bits per heavy atom. The van der Waals surface area contributed by atoms with Gasteiger partial charge in [0.25, 0.3) is 0 Å². The zero-order valence-corrected chi connectivity index (χ0v) is 11.9. The number of carbonyl (C=O) groups is 1. The van der Waals surface area contributed by atoms with E-state index in [0.29, 0.717) is 11.4 Å². The minimum Gasteiger partial charge on any atom is -0.368 e. The third-order valence-electron chi connectivity index (χ3n) is 3.91. The summed E-state index contributed by atoms with van der Waals surface area (Å²) in [6.07, 6.45) is 4.24. The molecular formula is C14H19N5O. The minimum absolute atomic E-state index is 0.0799. The third kappa shape index (κ3) is 2.72. The van der Waals surface area contributed by atoms with E-state index in [1.807, 2.05) is 18.7 Å². The molecule has 1 aliphatic rings. The van der Waals surface area contributed by atoms with Crippen molar-refractivity contribution >= 4 is 11.7 Å². The molecule has 20 heavy (non-hydrogen) atoms. The Labute approximate surface area is 118 Å². The van der Waals surface area contributed by atoms with E-state index in [0.717, 1.165) is 36.9 Å².